The van der Waals surface area contributed by atoms with E-state index in [4.69, 9.17) is 4.74 Å². The number of para-hydroxylation sites is 2. The minimum atomic E-state index is -0.833. The minimum absolute atomic E-state index is 0.0683. The highest BCUT2D eigenvalue weighted by Crippen LogP contribution is 2.24. The average Bonchev–Trinajstić information content (AvgIpc) is 2.56. The largest absolute Gasteiger partial charge is 0.489 e. The zero-order valence-corrected chi connectivity index (χ0v) is 14.3. The number of ketones is 1. The first-order valence-electron chi connectivity index (χ1n) is 7.86. The molecule has 0 aromatic heterocycles. The second kappa shape index (κ2) is 8.10. The van der Waals surface area contributed by atoms with Crippen molar-refractivity contribution in [2.24, 2.45) is 0 Å². The third-order valence-electron chi connectivity index (χ3n) is 3.23. The van der Waals surface area contributed by atoms with Crippen molar-refractivity contribution >= 4 is 29.0 Å². The molecule has 0 aliphatic rings. The van der Waals surface area contributed by atoms with Crippen LogP contribution in [0.15, 0.2) is 48.5 Å². The molecule has 0 saturated carbocycles. The van der Waals surface area contributed by atoms with Gasteiger partial charge in [0.05, 0.1) is 11.8 Å². The van der Waals surface area contributed by atoms with Gasteiger partial charge in [0.15, 0.2) is 5.78 Å². The number of nitrogens with one attached hydrogen (secondary N) is 2. The summed E-state index contributed by atoms with van der Waals surface area (Å²) >= 11 is 0. The highest BCUT2D eigenvalue weighted by atomic mass is 16.5. The van der Waals surface area contributed by atoms with Crippen molar-refractivity contribution < 1.29 is 19.1 Å². The Labute approximate surface area is 146 Å². The zero-order chi connectivity index (χ0) is 18.4. The Morgan fingerprint density at radius 1 is 0.920 bits per heavy atom. The summed E-state index contributed by atoms with van der Waals surface area (Å²) in [4.78, 5) is 35.6. The van der Waals surface area contributed by atoms with E-state index in [1.54, 1.807) is 42.5 Å². The Morgan fingerprint density at radius 3 is 2.28 bits per heavy atom. The van der Waals surface area contributed by atoms with E-state index in [9.17, 15) is 14.4 Å². The maximum atomic E-state index is 12.1. The first kappa shape index (κ1) is 18.2. The zero-order valence-electron chi connectivity index (χ0n) is 14.3. The summed E-state index contributed by atoms with van der Waals surface area (Å²) in [5, 5.41) is 5.00. The van der Waals surface area contributed by atoms with Crippen molar-refractivity contribution in [1.29, 1.82) is 0 Å². The number of rotatable bonds is 5. The molecule has 0 aliphatic carbocycles. The highest BCUT2D eigenvalue weighted by molar-refractivity contribution is 6.43. The minimum Gasteiger partial charge on any atom is -0.489 e. The Morgan fingerprint density at radius 2 is 1.60 bits per heavy atom. The van der Waals surface area contributed by atoms with Gasteiger partial charge < -0.3 is 15.4 Å². The molecule has 2 aromatic rings. The van der Waals surface area contributed by atoms with Gasteiger partial charge in [0, 0.05) is 11.3 Å². The monoisotopic (exact) mass is 340 g/mol. The third kappa shape index (κ3) is 5.17. The van der Waals surface area contributed by atoms with Crippen molar-refractivity contribution in [3.63, 3.8) is 0 Å². The van der Waals surface area contributed by atoms with Gasteiger partial charge in [-0.15, -0.1) is 0 Å². The lowest BCUT2D eigenvalue weighted by Gasteiger charge is -2.14. The molecule has 0 heterocycles. The van der Waals surface area contributed by atoms with Crippen LogP contribution in [0, 0.1) is 0 Å². The Hall–Kier alpha value is -3.15. The molecule has 2 aromatic carbocycles. The Kier molecular flexibility index (Phi) is 5.89. The van der Waals surface area contributed by atoms with Gasteiger partial charge in [0.2, 0.25) is 0 Å². The lowest BCUT2D eigenvalue weighted by molar-refractivity contribution is -0.133. The summed E-state index contributed by atoms with van der Waals surface area (Å²) < 4.78 is 5.60. The molecular formula is C19H20N2O4. The normalized spacial score (nSPS) is 10.2. The number of amides is 2. The molecule has 6 heteroatoms. The number of hydrogen-bond donors (Lipinski definition) is 2. The van der Waals surface area contributed by atoms with E-state index in [0.29, 0.717) is 22.7 Å². The summed E-state index contributed by atoms with van der Waals surface area (Å²) in [5.74, 6) is -1.30. The number of carbonyl (C=O) groups is 3. The number of ether oxygens (including phenoxy) is 1. The molecular weight excluding hydrogens is 320 g/mol. The van der Waals surface area contributed by atoms with Crippen LogP contribution in [0.4, 0.5) is 11.4 Å². The van der Waals surface area contributed by atoms with Crippen molar-refractivity contribution in [3.05, 3.63) is 54.1 Å². The van der Waals surface area contributed by atoms with Crippen LogP contribution in [0.2, 0.25) is 0 Å². The maximum absolute atomic E-state index is 12.1. The lowest BCUT2D eigenvalue weighted by atomic mass is 10.1. The molecule has 6 nitrogen and oxygen atoms in total. The van der Waals surface area contributed by atoms with Crippen LogP contribution in [0.5, 0.6) is 5.75 Å². The number of carbonyl (C=O) groups excluding carboxylic acids is 3. The van der Waals surface area contributed by atoms with Crippen LogP contribution in [-0.2, 0) is 9.59 Å². The van der Waals surface area contributed by atoms with E-state index in [1.807, 2.05) is 13.8 Å². The van der Waals surface area contributed by atoms with Crippen LogP contribution in [0.1, 0.15) is 31.1 Å². The van der Waals surface area contributed by atoms with Crippen LogP contribution in [-0.4, -0.2) is 23.7 Å². The predicted octanol–water partition coefficient (Wildman–Crippen LogP) is 3.25. The number of anilines is 2. The molecule has 0 atom stereocenters. The van der Waals surface area contributed by atoms with Crippen LogP contribution >= 0.6 is 0 Å². The van der Waals surface area contributed by atoms with Gasteiger partial charge in [-0.25, -0.2) is 0 Å². The van der Waals surface area contributed by atoms with E-state index >= 15 is 0 Å². The second-order valence-corrected chi connectivity index (χ2v) is 5.71. The first-order chi connectivity index (χ1) is 11.9. The molecule has 0 radical (unpaired) electrons. The number of hydrogen-bond acceptors (Lipinski definition) is 4. The molecule has 0 spiro atoms. The number of benzene rings is 2. The highest BCUT2D eigenvalue weighted by Gasteiger charge is 2.16. The molecule has 2 amide bonds. The molecule has 130 valence electrons. The van der Waals surface area contributed by atoms with Crippen molar-refractivity contribution in [2.45, 2.75) is 26.9 Å². The average molecular weight is 340 g/mol. The maximum Gasteiger partial charge on any atom is 0.314 e. The number of Topliss-reactive ketones (excluding diaryl/α,β-unsaturated/α-hetero) is 1. The summed E-state index contributed by atoms with van der Waals surface area (Å²) in [6.07, 6.45) is -0.0683. The lowest BCUT2D eigenvalue weighted by Crippen LogP contribution is -2.29. The fourth-order valence-corrected chi connectivity index (χ4v) is 2.11. The van der Waals surface area contributed by atoms with E-state index in [0.717, 1.165) is 0 Å². The SMILES string of the molecule is CC(=O)c1cccc(NC(=O)C(=O)Nc2ccccc2OC(C)C)c1. The van der Waals surface area contributed by atoms with Gasteiger partial charge in [-0.3, -0.25) is 14.4 Å². The molecule has 0 bridgehead atoms. The molecule has 25 heavy (non-hydrogen) atoms. The van der Waals surface area contributed by atoms with Gasteiger partial charge >= 0.3 is 11.8 Å². The van der Waals surface area contributed by atoms with E-state index in [-0.39, 0.29) is 11.9 Å². The van der Waals surface area contributed by atoms with Crippen LogP contribution in [0.25, 0.3) is 0 Å². The van der Waals surface area contributed by atoms with Crippen LogP contribution < -0.4 is 15.4 Å². The van der Waals surface area contributed by atoms with Gasteiger partial charge in [0.25, 0.3) is 0 Å². The van der Waals surface area contributed by atoms with E-state index in [1.165, 1.54) is 13.0 Å². The summed E-state index contributed by atoms with van der Waals surface area (Å²) in [6.45, 7) is 5.17. The first-order valence-corrected chi connectivity index (χ1v) is 7.86. The quantitative estimate of drug-likeness (QED) is 0.646. The Balaban J connectivity index is 2.07. The topological polar surface area (TPSA) is 84.5 Å². The van der Waals surface area contributed by atoms with Gasteiger partial charge in [-0.1, -0.05) is 24.3 Å². The van der Waals surface area contributed by atoms with Crippen molar-refractivity contribution in [1.82, 2.24) is 0 Å². The van der Waals surface area contributed by atoms with Gasteiger partial charge in [0.1, 0.15) is 5.75 Å². The van der Waals surface area contributed by atoms with Crippen LogP contribution in [0.3, 0.4) is 0 Å². The van der Waals surface area contributed by atoms with E-state index < -0.39 is 11.8 Å². The standard InChI is InChI=1S/C19H20N2O4/c1-12(2)25-17-10-5-4-9-16(17)21-19(24)18(23)20-15-8-6-7-14(11-15)13(3)22/h4-12H,1-3H3,(H,20,23)(H,21,24). The predicted molar refractivity (Wildman–Crippen MR) is 95.9 cm³/mol. The second-order valence-electron chi connectivity index (χ2n) is 5.71. The van der Waals surface area contributed by atoms with E-state index in [2.05, 4.69) is 10.6 Å². The van der Waals surface area contributed by atoms with Crippen molar-refractivity contribution in [2.75, 3.05) is 10.6 Å². The molecule has 0 saturated heterocycles. The smallest absolute Gasteiger partial charge is 0.314 e. The molecule has 0 unspecified atom stereocenters. The van der Waals surface area contributed by atoms with Crippen molar-refractivity contribution in [3.8, 4) is 5.75 Å². The molecule has 0 fully saturated rings. The van der Waals surface area contributed by atoms with Gasteiger partial charge in [-0.05, 0) is 45.0 Å². The molecule has 0 aliphatic heterocycles. The summed E-state index contributed by atoms with van der Waals surface area (Å²) in [5.41, 5.74) is 1.24. The molecule has 2 N–H and O–H groups in total. The van der Waals surface area contributed by atoms with Gasteiger partial charge in [-0.2, -0.15) is 0 Å². The summed E-state index contributed by atoms with van der Waals surface area (Å²) in [6, 6.07) is 13.3. The fraction of sp³-hybridized carbons (Fsp3) is 0.211. The fourth-order valence-electron chi connectivity index (χ4n) is 2.11. The molecule has 2 rings (SSSR count). The summed E-state index contributed by atoms with van der Waals surface area (Å²) in [7, 11) is 0. The Bertz CT molecular complexity index is 800. The third-order valence-corrected chi connectivity index (χ3v) is 3.23.